The Hall–Kier alpha value is -3.69. The average Bonchev–Trinajstić information content (AvgIpc) is 3.69. The highest BCUT2D eigenvalue weighted by atomic mass is 16.7. The van der Waals surface area contributed by atoms with E-state index in [-0.39, 0.29) is 31.0 Å². The largest absolute Gasteiger partial charge is 0.394 e. The van der Waals surface area contributed by atoms with E-state index in [0.717, 1.165) is 11.1 Å². The topological polar surface area (TPSA) is 312 Å². The summed E-state index contributed by atoms with van der Waals surface area (Å²) in [6.07, 6.45) is -6.10. The quantitative estimate of drug-likeness (QED) is 0.0447. The molecule has 0 saturated carbocycles. The van der Waals surface area contributed by atoms with Gasteiger partial charge in [0.2, 0.25) is 17.7 Å². The number of carbonyl (C=O) groups excluding carboxylic acids is 3. The van der Waals surface area contributed by atoms with Crippen LogP contribution in [0.25, 0.3) is 0 Å². The zero-order valence-corrected chi connectivity index (χ0v) is 29.3. The number of aromatic nitrogens is 3. The van der Waals surface area contributed by atoms with Gasteiger partial charge in [0, 0.05) is 25.8 Å². The second kappa shape index (κ2) is 19.6. The number of rotatable bonds is 20. The maximum absolute atomic E-state index is 12.9. The van der Waals surface area contributed by atoms with Gasteiger partial charge in [0.25, 0.3) is 0 Å². The number of aliphatic hydroxyl groups excluding tert-OH is 7. The number of aryl methyl sites for hydroxylation is 1. The highest BCUT2D eigenvalue weighted by Gasteiger charge is 2.51. The fourth-order valence-electron chi connectivity index (χ4n) is 5.94. The van der Waals surface area contributed by atoms with Gasteiger partial charge in [-0.15, -0.1) is 11.5 Å². The molecule has 1 aromatic heterocycles. The lowest BCUT2D eigenvalue weighted by Gasteiger charge is -2.45. The van der Waals surface area contributed by atoms with Crippen LogP contribution in [0.15, 0.2) is 16.4 Å². The van der Waals surface area contributed by atoms with E-state index in [1.54, 1.807) is 0 Å². The molecule has 3 amide bonds. The SMILES string of the molecule is C#CCNC(=O)[C@H](CCCCNC(=O)CCCC1(C)N=N1)NC(=O)CCc1cn([C@@H]2O[C@H](CO)[C@@H](O[C@@H]3O[C@H](CO)[C@H](O)[C@H](O)[C@H]3O)[C@H](O)[C@H]2O)nn1. The van der Waals surface area contributed by atoms with Gasteiger partial charge in [-0.25, -0.2) is 4.68 Å². The van der Waals surface area contributed by atoms with Gasteiger partial charge in [0.05, 0.1) is 31.6 Å². The van der Waals surface area contributed by atoms with Crippen LogP contribution >= 0.6 is 0 Å². The molecule has 21 heteroatoms. The first kappa shape index (κ1) is 42.1. The molecular formula is C32H50N8O13. The van der Waals surface area contributed by atoms with Crippen molar-refractivity contribution < 1.29 is 64.3 Å². The van der Waals surface area contributed by atoms with Crippen LogP contribution in [0.3, 0.4) is 0 Å². The molecule has 3 aliphatic rings. The zero-order valence-electron chi connectivity index (χ0n) is 29.3. The van der Waals surface area contributed by atoms with Crippen LogP contribution in [-0.2, 0) is 35.0 Å². The van der Waals surface area contributed by atoms with Crippen LogP contribution in [0.5, 0.6) is 0 Å². The summed E-state index contributed by atoms with van der Waals surface area (Å²) in [5, 5.41) is 95.6. The molecule has 0 spiro atoms. The molecule has 2 fully saturated rings. The molecule has 296 valence electrons. The van der Waals surface area contributed by atoms with Crippen molar-refractivity contribution in [2.45, 2.75) is 131 Å². The van der Waals surface area contributed by atoms with E-state index in [1.807, 2.05) is 6.92 Å². The van der Waals surface area contributed by atoms with Gasteiger partial charge < -0.3 is 65.9 Å². The van der Waals surface area contributed by atoms with Gasteiger partial charge >= 0.3 is 0 Å². The predicted octanol–water partition coefficient (Wildman–Crippen LogP) is -4.12. The van der Waals surface area contributed by atoms with Crippen LogP contribution in [0.2, 0.25) is 0 Å². The molecule has 0 unspecified atom stereocenters. The molecule has 2 saturated heterocycles. The van der Waals surface area contributed by atoms with Crippen LogP contribution < -0.4 is 16.0 Å². The number of hydrogen-bond donors (Lipinski definition) is 10. The highest BCUT2D eigenvalue weighted by Crippen LogP contribution is 2.33. The number of terminal acetylenes is 1. The molecule has 0 radical (unpaired) electrons. The van der Waals surface area contributed by atoms with Crippen molar-refractivity contribution in [3.8, 4) is 12.3 Å². The lowest BCUT2D eigenvalue weighted by molar-refractivity contribution is -0.347. The fourth-order valence-corrected chi connectivity index (χ4v) is 5.94. The Morgan fingerprint density at radius 2 is 1.68 bits per heavy atom. The molecular weight excluding hydrogens is 704 g/mol. The summed E-state index contributed by atoms with van der Waals surface area (Å²) in [6, 6.07) is -0.880. The normalized spacial score (nSPS) is 30.9. The number of hydrogen-bond acceptors (Lipinski definition) is 17. The molecule has 11 atom stereocenters. The van der Waals surface area contributed by atoms with Crippen LogP contribution in [0, 0.1) is 12.3 Å². The standard InChI is InChI=1S/C32H50N8O13/c1-3-12-34-29(50)18(7-4-5-13-33-21(43)8-6-11-32(2)37-38-32)35-22(44)10-9-17-14-40(39-36-17)30-26(48)25(47)28(20(16-42)51-30)53-31-27(49)24(46)23(45)19(15-41)52-31/h1,14,18-20,23-28,30-31,41-42,45-49H,4-13,15-16H2,2H3,(H,33,43)(H,34,50)(H,35,44)/t18-,19+,20+,23-,24-,25+,26+,27+,28+,30+,31-/m0/s1. The lowest BCUT2D eigenvalue weighted by atomic mass is 9.96. The van der Waals surface area contributed by atoms with Crippen LogP contribution in [-0.4, -0.2) is 162 Å². The Labute approximate surface area is 305 Å². The van der Waals surface area contributed by atoms with E-state index in [4.69, 9.17) is 20.6 Å². The summed E-state index contributed by atoms with van der Waals surface area (Å²) in [4.78, 5) is 37.7. The van der Waals surface area contributed by atoms with Crippen molar-refractivity contribution in [3.63, 3.8) is 0 Å². The van der Waals surface area contributed by atoms with Crippen molar-refractivity contribution in [1.82, 2.24) is 30.9 Å². The monoisotopic (exact) mass is 754 g/mol. The van der Waals surface area contributed by atoms with Crippen molar-refractivity contribution >= 4 is 17.7 Å². The maximum Gasteiger partial charge on any atom is 0.243 e. The third-order valence-electron chi connectivity index (χ3n) is 9.16. The third-order valence-corrected chi connectivity index (χ3v) is 9.16. The first-order valence-electron chi connectivity index (χ1n) is 17.5. The van der Waals surface area contributed by atoms with Gasteiger partial charge in [-0.1, -0.05) is 11.1 Å². The minimum absolute atomic E-state index is 0.0223. The van der Waals surface area contributed by atoms with Gasteiger partial charge in [0.1, 0.15) is 54.9 Å². The molecule has 0 aromatic carbocycles. The Kier molecular flexibility index (Phi) is 15.5. The molecule has 10 N–H and O–H groups in total. The molecule has 3 aliphatic heterocycles. The molecule has 4 heterocycles. The lowest BCUT2D eigenvalue weighted by Crippen LogP contribution is -2.63. The van der Waals surface area contributed by atoms with Crippen molar-refractivity contribution in [2.24, 2.45) is 10.2 Å². The number of carbonyl (C=O) groups is 3. The Morgan fingerprint density at radius 1 is 0.943 bits per heavy atom. The van der Waals surface area contributed by atoms with Gasteiger partial charge in [-0.05, 0) is 39.0 Å². The molecule has 0 bridgehead atoms. The summed E-state index contributed by atoms with van der Waals surface area (Å²) >= 11 is 0. The third kappa shape index (κ3) is 11.6. The van der Waals surface area contributed by atoms with Crippen LogP contribution in [0.1, 0.15) is 63.8 Å². The van der Waals surface area contributed by atoms with Crippen molar-refractivity contribution in [2.75, 3.05) is 26.3 Å². The van der Waals surface area contributed by atoms with Gasteiger partial charge in [-0.2, -0.15) is 10.2 Å². The van der Waals surface area contributed by atoms with Crippen molar-refractivity contribution in [3.05, 3.63) is 11.9 Å². The Balaban J connectivity index is 1.25. The zero-order chi connectivity index (χ0) is 38.7. The maximum atomic E-state index is 12.9. The number of nitrogens with zero attached hydrogens (tertiary/aromatic N) is 5. The predicted molar refractivity (Wildman–Crippen MR) is 178 cm³/mol. The minimum atomic E-state index is -1.80. The van der Waals surface area contributed by atoms with Crippen molar-refractivity contribution in [1.29, 1.82) is 0 Å². The van der Waals surface area contributed by atoms with E-state index in [9.17, 15) is 50.1 Å². The summed E-state index contributed by atoms with van der Waals surface area (Å²) in [5.41, 5.74) is -0.0426. The number of aliphatic hydroxyl groups is 7. The van der Waals surface area contributed by atoms with E-state index in [2.05, 4.69) is 42.4 Å². The number of nitrogens with one attached hydrogen (secondary N) is 3. The fraction of sp³-hybridized carbons (Fsp3) is 0.781. The first-order valence-corrected chi connectivity index (χ1v) is 17.5. The summed E-state index contributed by atoms with van der Waals surface area (Å²) in [6.45, 7) is 0.835. The Morgan fingerprint density at radius 3 is 2.36 bits per heavy atom. The molecule has 4 rings (SSSR count). The van der Waals surface area contributed by atoms with E-state index in [1.165, 1.54) is 6.20 Å². The van der Waals surface area contributed by atoms with E-state index < -0.39 is 92.4 Å². The smallest absolute Gasteiger partial charge is 0.243 e. The number of unbranched alkanes of at least 4 members (excludes halogenated alkanes) is 1. The van der Waals surface area contributed by atoms with Gasteiger partial charge in [0.15, 0.2) is 18.2 Å². The van der Waals surface area contributed by atoms with E-state index >= 15 is 0 Å². The second-order valence-corrected chi connectivity index (χ2v) is 13.4. The van der Waals surface area contributed by atoms with E-state index in [0.29, 0.717) is 44.3 Å². The minimum Gasteiger partial charge on any atom is -0.394 e. The number of amides is 3. The molecule has 21 nitrogen and oxygen atoms in total. The molecule has 1 aromatic rings. The summed E-state index contributed by atoms with van der Waals surface area (Å²) < 4.78 is 17.7. The molecule has 0 aliphatic carbocycles. The summed E-state index contributed by atoms with van der Waals surface area (Å²) in [7, 11) is 0. The first-order chi connectivity index (χ1) is 25.3. The number of ether oxygens (including phenoxy) is 3. The second-order valence-electron chi connectivity index (χ2n) is 13.4. The molecule has 53 heavy (non-hydrogen) atoms. The average molecular weight is 755 g/mol. The summed E-state index contributed by atoms with van der Waals surface area (Å²) in [5.74, 6) is 1.32. The van der Waals surface area contributed by atoms with Crippen LogP contribution in [0.4, 0.5) is 0 Å². The Bertz CT molecular complexity index is 1430. The van der Waals surface area contributed by atoms with Gasteiger partial charge in [-0.3, -0.25) is 14.4 Å². The highest BCUT2D eigenvalue weighted by molar-refractivity contribution is 5.87.